The van der Waals surface area contributed by atoms with Gasteiger partial charge in [0.05, 0.1) is 0 Å². The molecule has 0 aliphatic rings. The minimum Gasteiger partial charge on any atom is -0.478 e. The van der Waals surface area contributed by atoms with Gasteiger partial charge in [0.25, 0.3) is 12.0 Å². The maximum absolute atomic E-state index is 13.5. The first kappa shape index (κ1) is 20.5. The maximum atomic E-state index is 13.5. The summed E-state index contributed by atoms with van der Waals surface area (Å²) in [7, 11) is 0. The summed E-state index contributed by atoms with van der Waals surface area (Å²) in [6, 6.07) is 0. The molecule has 0 aliphatic carbocycles. The van der Waals surface area contributed by atoms with Gasteiger partial charge in [-0.05, 0) is 0 Å². The Morgan fingerprint density at radius 3 is 1.50 bits per heavy atom. The van der Waals surface area contributed by atoms with Crippen molar-refractivity contribution in [1.29, 1.82) is 0 Å². The van der Waals surface area contributed by atoms with E-state index in [1.165, 1.54) is 0 Å². The van der Waals surface area contributed by atoms with Gasteiger partial charge in [0.1, 0.15) is 0 Å². The first-order valence-electron chi connectivity index (χ1n) is 4.86. The summed E-state index contributed by atoms with van der Waals surface area (Å²) in [5.74, 6) is -14.4. The Balaban J connectivity index is 6.43. The van der Waals surface area contributed by atoms with Crippen molar-refractivity contribution in [1.82, 2.24) is 0 Å². The third-order valence-corrected chi connectivity index (χ3v) is 2.57. The van der Waals surface area contributed by atoms with Crippen LogP contribution in [0.2, 0.25) is 0 Å². The van der Waals surface area contributed by atoms with Crippen LogP contribution in [0.3, 0.4) is 0 Å². The fraction of sp³-hybridized carbons (Fsp3) is 0.667. The highest BCUT2D eigenvalue weighted by Gasteiger charge is 2.80. The van der Waals surface area contributed by atoms with Crippen molar-refractivity contribution in [3.8, 4) is 0 Å². The van der Waals surface area contributed by atoms with Gasteiger partial charge in [-0.1, -0.05) is 6.58 Å². The van der Waals surface area contributed by atoms with Gasteiger partial charge in [-0.25, -0.2) is 22.4 Å². The Labute approximate surface area is 114 Å². The van der Waals surface area contributed by atoms with Gasteiger partial charge in [0.2, 0.25) is 0 Å². The van der Waals surface area contributed by atoms with Gasteiger partial charge in [-0.3, -0.25) is 0 Å². The molecule has 0 aliphatic heterocycles. The molecule has 0 rings (SSSR count). The van der Waals surface area contributed by atoms with Crippen LogP contribution in [-0.4, -0.2) is 46.5 Å². The molecule has 22 heavy (non-hydrogen) atoms. The lowest BCUT2D eigenvalue weighted by Gasteiger charge is -2.40. The molecule has 2 unspecified atom stereocenters. The van der Waals surface area contributed by atoms with Gasteiger partial charge >= 0.3 is 24.2 Å². The molecule has 0 bridgehead atoms. The van der Waals surface area contributed by atoms with Crippen LogP contribution in [-0.2, 0) is 4.79 Å². The third kappa shape index (κ3) is 3.13. The quantitative estimate of drug-likeness (QED) is 0.591. The Kier molecular flexibility index (Phi) is 5.20. The number of hydrogen-bond donors (Lipinski definition) is 2. The van der Waals surface area contributed by atoms with E-state index >= 15 is 0 Å². The zero-order valence-corrected chi connectivity index (χ0v) is 9.94. The predicted molar refractivity (Wildman–Crippen MR) is 48.3 cm³/mol. The molecule has 0 radical (unpaired) electrons. The van der Waals surface area contributed by atoms with E-state index in [1.54, 1.807) is 0 Å². The zero-order valence-electron chi connectivity index (χ0n) is 9.94. The van der Waals surface area contributed by atoms with Crippen LogP contribution in [0.25, 0.3) is 0 Å². The van der Waals surface area contributed by atoms with Crippen LogP contribution in [0.4, 0.5) is 43.9 Å². The molecule has 2 atom stereocenters. The van der Waals surface area contributed by atoms with Crippen molar-refractivity contribution in [2.75, 3.05) is 0 Å². The second-order valence-electron chi connectivity index (χ2n) is 3.99. The van der Waals surface area contributed by atoms with E-state index in [2.05, 4.69) is 0 Å². The van der Waals surface area contributed by atoms with Crippen molar-refractivity contribution in [3.05, 3.63) is 12.2 Å². The van der Waals surface area contributed by atoms with Gasteiger partial charge in [0, 0.05) is 5.57 Å². The number of aliphatic carboxylic acids is 1. The SMILES string of the molecule is C=C(C(=O)O)C(C(F)(F)F)C(F)(F)C(O)(C(F)F)C(F)(F)F. The average molecular weight is 352 g/mol. The van der Waals surface area contributed by atoms with E-state index in [9.17, 15) is 48.7 Å². The van der Waals surface area contributed by atoms with Crippen LogP contribution in [0, 0.1) is 5.92 Å². The van der Waals surface area contributed by atoms with E-state index in [0.717, 1.165) is 0 Å². The molecule has 0 aromatic heterocycles. The molecule has 3 nitrogen and oxygen atoms in total. The van der Waals surface area contributed by atoms with E-state index < -0.39 is 47.8 Å². The van der Waals surface area contributed by atoms with Crippen LogP contribution >= 0.6 is 0 Å². The van der Waals surface area contributed by atoms with Crippen molar-refractivity contribution in [3.63, 3.8) is 0 Å². The summed E-state index contributed by atoms with van der Waals surface area (Å²) in [4.78, 5) is 10.3. The average Bonchev–Trinajstić information content (AvgIpc) is 2.22. The normalized spacial score (nSPS) is 18.0. The number of halogens is 10. The van der Waals surface area contributed by atoms with Crippen molar-refractivity contribution >= 4 is 5.97 Å². The first-order valence-corrected chi connectivity index (χ1v) is 4.86. The molecule has 0 fully saturated rings. The number of carboxylic acid groups (broad SMARTS) is 1. The molecule has 0 amide bonds. The molecule has 0 aromatic carbocycles. The highest BCUT2D eigenvalue weighted by Crippen LogP contribution is 2.54. The number of alkyl halides is 10. The monoisotopic (exact) mass is 352 g/mol. The van der Waals surface area contributed by atoms with Gasteiger partial charge < -0.3 is 10.2 Å². The Morgan fingerprint density at radius 2 is 1.32 bits per heavy atom. The Morgan fingerprint density at radius 1 is 0.955 bits per heavy atom. The molecule has 0 aromatic rings. The summed E-state index contributed by atoms with van der Waals surface area (Å²) in [5.41, 5.74) is -8.97. The molecule has 0 spiro atoms. The fourth-order valence-corrected chi connectivity index (χ4v) is 1.42. The molecule has 130 valence electrons. The largest absolute Gasteiger partial charge is 0.478 e. The van der Waals surface area contributed by atoms with Gasteiger partial charge in [0.15, 0.2) is 5.92 Å². The van der Waals surface area contributed by atoms with E-state index in [4.69, 9.17) is 10.2 Å². The van der Waals surface area contributed by atoms with Crippen LogP contribution in [0.5, 0.6) is 0 Å². The molecular weight excluding hydrogens is 346 g/mol. The molecule has 2 N–H and O–H groups in total. The van der Waals surface area contributed by atoms with Gasteiger partial charge in [-0.2, -0.15) is 26.3 Å². The van der Waals surface area contributed by atoms with Crippen molar-refractivity contribution in [2.45, 2.75) is 30.3 Å². The Bertz CT molecular complexity index is 452. The third-order valence-electron chi connectivity index (χ3n) is 2.57. The maximum Gasteiger partial charge on any atom is 0.429 e. The lowest BCUT2D eigenvalue weighted by Crippen LogP contribution is -2.68. The minimum atomic E-state index is -6.90. The summed E-state index contributed by atoms with van der Waals surface area (Å²) in [6.07, 6.45) is -18.7. The fourth-order valence-electron chi connectivity index (χ4n) is 1.42. The summed E-state index contributed by atoms with van der Waals surface area (Å²) < 4.78 is 126. The second kappa shape index (κ2) is 5.59. The summed E-state index contributed by atoms with van der Waals surface area (Å²) in [6.45, 7) is 2.02. The molecule has 13 heteroatoms. The lowest BCUT2D eigenvalue weighted by atomic mass is 9.80. The molecule has 0 saturated heterocycles. The summed E-state index contributed by atoms with van der Waals surface area (Å²) >= 11 is 0. The molecule has 0 saturated carbocycles. The standard InChI is InChI=1S/C9H6F10O3/c1-2(4(20)21)3(8(14,15)16)7(12,13)6(22,5(10)11)9(17,18)19/h3,5,22H,1H2,(H,20,21). The number of carboxylic acids is 1. The smallest absolute Gasteiger partial charge is 0.429 e. The topological polar surface area (TPSA) is 57.5 Å². The van der Waals surface area contributed by atoms with Crippen molar-refractivity contribution in [2.24, 2.45) is 5.92 Å². The zero-order chi connectivity index (χ0) is 18.3. The second-order valence-corrected chi connectivity index (χ2v) is 3.99. The molecular formula is C9H6F10O3. The van der Waals surface area contributed by atoms with Crippen LogP contribution < -0.4 is 0 Å². The lowest BCUT2D eigenvalue weighted by molar-refractivity contribution is -0.389. The number of aliphatic hydroxyl groups is 1. The van der Waals surface area contributed by atoms with Crippen LogP contribution in [0.15, 0.2) is 12.2 Å². The number of carbonyl (C=O) groups is 1. The van der Waals surface area contributed by atoms with E-state index in [-0.39, 0.29) is 0 Å². The molecule has 0 heterocycles. The van der Waals surface area contributed by atoms with Crippen LogP contribution in [0.1, 0.15) is 0 Å². The van der Waals surface area contributed by atoms with Crippen molar-refractivity contribution < 1.29 is 58.9 Å². The number of rotatable bonds is 5. The minimum absolute atomic E-state index is 2.02. The summed E-state index contributed by atoms with van der Waals surface area (Å²) in [5, 5.41) is 16.8. The van der Waals surface area contributed by atoms with E-state index in [1.807, 2.05) is 6.58 Å². The first-order chi connectivity index (χ1) is 9.42. The van der Waals surface area contributed by atoms with Gasteiger partial charge in [-0.15, -0.1) is 0 Å². The highest BCUT2D eigenvalue weighted by molar-refractivity contribution is 5.86. The van der Waals surface area contributed by atoms with E-state index in [0.29, 0.717) is 0 Å². The highest BCUT2D eigenvalue weighted by atomic mass is 19.4. The Hall–Kier alpha value is -1.53. The predicted octanol–water partition coefficient (Wildman–Crippen LogP) is 3.00. The number of hydrogen-bond acceptors (Lipinski definition) is 2.